The number of nitrogens with one attached hydrogen (secondary N) is 1. The van der Waals surface area contributed by atoms with Crippen LogP contribution in [0.1, 0.15) is 9.67 Å². The third-order valence-electron chi connectivity index (χ3n) is 6.01. The molecule has 1 aliphatic heterocycles. The van der Waals surface area contributed by atoms with Gasteiger partial charge in [0.1, 0.15) is 22.7 Å². The minimum absolute atomic E-state index is 0.101. The molecule has 1 saturated heterocycles. The fourth-order valence-electron chi connectivity index (χ4n) is 4.18. The number of amides is 1. The van der Waals surface area contributed by atoms with E-state index in [1.165, 1.54) is 18.4 Å². The second-order valence-electron chi connectivity index (χ2n) is 7.94. The Bertz CT molecular complexity index is 1370. The van der Waals surface area contributed by atoms with Crippen LogP contribution in [0.5, 0.6) is 11.5 Å². The van der Waals surface area contributed by atoms with Crippen molar-refractivity contribution >= 4 is 33.8 Å². The number of carbonyl (C=O) groups is 1. The monoisotopic (exact) mass is 476 g/mol. The van der Waals surface area contributed by atoms with Crippen molar-refractivity contribution in [2.75, 3.05) is 45.3 Å². The van der Waals surface area contributed by atoms with Crippen molar-refractivity contribution in [1.82, 2.24) is 14.9 Å². The number of rotatable bonds is 5. The number of hydrogen-bond acceptors (Lipinski definition) is 7. The Morgan fingerprint density at radius 2 is 1.79 bits per heavy atom. The lowest BCUT2D eigenvalue weighted by Gasteiger charge is -2.36. The van der Waals surface area contributed by atoms with Gasteiger partial charge in [0.2, 0.25) is 0 Å². The first kappa shape index (κ1) is 22.0. The van der Waals surface area contributed by atoms with Gasteiger partial charge >= 0.3 is 0 Å². The van der Waals surface area contributed by atoms with Crippen LogP contribution in [0.2, 0.25) is 0 Å². The summed E-state index contributed by atoms with van der Waals surface area (Å²) in [7, 11) is 3.07. The lowest BCUT2D eigenvalue weighted by atomic mass is 10.1. The van der Waals surface area contributed by atoms with Gasteiger partial charge in [-0.15, -0.1) is 11.3 Å². The summed E-state index contributed by atoms with van der Waals surface area (Å²) in [5.41, 5.74) is 2.11. The minimum atomic E-state index is -0.268. The Morgan fingerprint density at radius 1 is 1.03 bits per heavy atom. The molecule has 2 aromatic heterocycles. The maximum Gasteiger partial charge on any atom is 0.264 e. The van der Waals surface area contributed by atoms with Crippen LogP contribution in [0.4, 0.5) is 5.69 Å². The molecule has 2 aromatic carbocycles. The van der Waals surface area contributed by atoms with Crippen molar-refractivity contribution in [3.63, 3.8) is 0 Å². The lowest BCUT2D eigenvalue weighted by molar-refractivity contribution is 0.0751. The van der Waals surface area contributed by atoms with Crippen molar-refractivity contribution < 1.29 is 14.3 Å². The molecule has 5 rings (SSSR count). The molecular weight excluding hydrogens is 452 g/mol. The molecule has 34 heavy (non-hydrogen) atoms. The van der Waals surface area contributed by atoms with Crippen LogP contribution >= 0.6 is 11.3 Å². The second-order valence-corrected chi connectivity index (χ2v) is 8.89. The average Bonchev–Trinajstić information content (AvgIpc) is 3.42. The zero-order chi connectivity index (χ0) is 23.7. The first-order valence-electron chi connectivity index (χ1n) is 10.9. The summed E-state index contributed by atoms with van der Waals surface area (Å²) in [4.78, 5) is 37.8. The van der Waals surface area contributed by atoms with E-state index in [1.807, 2.05) is 46.7 Å². The van der Waals surface area contributed by atoms with Gasteiger partial charge in [0.15, 0.2) is 0 Å². The number of aromatic nitrogens is 2. The van der Waals surface area contributed by atoms with E-state index in [0.29, 0.717) is 41.3 Å². The largest absolute Gasteiger partial charge is 0.497 e. The predicted molar refractivity (Wildman–Crippen MR) is 133 cm³/mol. The van der Waals surface area contributed by atoms with Gasteiger partial charge in [-0.3, -0.25) is 9.59 Å². The molecule has 8 nitrogen and oxygen atoms in total. The molecule has 3 heterocycles. The summed E-state index contributed by atoms with van der Waals surface area (Å²) in [6.07, 6.45) is 0. The van der Waals surface area contributed by atoms with E-state index in [-0.39, 0.29) is 11.5 Å². The van der Waals surface area contributed by atoms with Crippen LogP contribution in [-0.4, -0.2) is 61.2 Å². The van der Waals surface area contributed by atoms with Gasteiger partial charge in [-0.1, -0.05) is 6.07 Å². The van der Waals surface area contributed by atoms with E-state index in [1.54, 1.807) is 19.2 Å². The normalized spacial score (nSPS) is 13.8. The molecule has 0 unspecified atom stereocenters. The van der Waals surface area contributed by atoms with E-state index in [4.69, 9.17) is 9.47 Å². The summed E-state index contributed by atoms with van der Waals surface area (Å²) in [5.74, 6) is 1.57. The standard InChI is InChI=1S/C25H24N4O4S/c1-32-18-14-19-22(20(15-18)33-2)24(30)27-23(26-19)16-5-7-17(8-6-16)28-9-11-29(12-10-28)25(31)21-4-3-13-34-21/h3-8,13-15H,9-12H2,1-2H3,(H,26,27,30). The minimum Gasteiger partial charge on any atom is -0.497 e. The highest BCUT2D eigenvalue weighted by Crippen LogP contribution is 2.29. The Morgan fingerprint density at radius 3 is 2.44 bits per heavy atom. The molecule has 1 aliphatic rings. The number of benzene rings is 2. The number of fused-ring (bicyclic) bond motifs is 1. The third-order valence-corrected chi connectivity index (χ3v) is 6.86. The molecule has 4 aromatic rings. The summed E-state index contributed by atoms with van der Waals surface area (Å²) in [5, 5.41) is 2.31. The molecule has 174 valence electrons. The van der Waals surface area contributed by atoms with Gasteiger partial charge in [-0.05, 0) is 35.7 Å². The molecular formula is C25H24N4O4S. The van der Waals surface area contributed by atoms with Crippen molar-refractivity contribution in [1.29, 1.82) is 0 Å². The summed E-state index contributed by atoms with van der Waals surface area (Å²) in [6, 6.07) is 15.1. The van der Waals surface area contributed by atoms with Gasteiger partial charge in [0.25, 0.3) is 11.5 Å². The molecule has 0 bridgehead atoms. The number of methoxy groups -OCH3 is 2. The number of H-pyrrole nitrogens is 1. The summed E-state index contributed by atoms with van der Waals surface area (Å²) < 4.78 is 10.7. The van der Waals surface area contributed by atoms with Gasteiger partial charge in [-0.2, -0.15) is 0 Å². The zero-order valence-electron chi connectivity index (χ0n) is 18.9. The first-order chi connectivity index (χ1) is 16.6. The van der Waals surface area contributed by atoms with Crippen molar-refractivity contribution in [2.24, 2.45) is 0 Å². The maximum absolute atomic E-state index is 12.8. The molecule has 0 saturated carbocycles. The molecule has 1 fully saturated rings. The highest BCUT2D eigenvalue weighted by molar-refractivity contribution is 7.12. The number of anilines is 1. The Labute approximate surface area is 200 Å². The average molecular weight is 477 g/mol. The van der Waals surface area contributed by atoms with E-state index in [0.717, 1.165) is 29.2 Å². The van der Waals surface area contributed by atoms with Crippen LogP contribution in [0.3, 0.4) is 0 Å². The molecule has 1 N–H and O–H groups in total. The summed E-state index contributed by atoms with van der Waals surface area (Å²) in [6.45, 7) is 2.89. The van der Waals surface area contributed by atoms with E-state index >= 15 is 0 Å². The molecule has 0 radical (unpaired) electrons. The summed E-state index contributed by atoms with van der Waals surface area (Å²) >= 11 is 1.48. The zero-order valence-corrected chi connectivity index (χ0v) is 19.7. The van der Waals surface area contributed by atoms with E-state index in [2.05, 4.69) is 14.9 Å². The molecule has 0 aliphatic carbocycles. The number of thiophene rings is 1. The van der Waals surface area contributed by atoms with Crippen molar-refractivity contribution in [2.45, 2.75) is 0 Å². The Kier molecular flexibility index (Phi) is 5.93. The van der Waals surface area contributed by atoms with Crippen molar-refractivity contribution in [3.8, 4) is 22.9 Å². The molecule has 1 amide bonds. The topological polar surface area (TPSA) is 87.8 Å². The Balaban J connectivity index is 1.34. The second kappa shape index (κ2) is 9.18. The number of piperazine rings is 1. The highest BCUT2D eigenvalue weighted by atomic mass is 32.1. The number of ether oxygens (including phenoxy) is 2. The Hall–Kier alpha value is -3.85. The van der Waals surface area contributed by atoms with Gasteiger partial charge in [0, 0.05) is 49.6 Å². The van der Waals surface area contributed by atoms with Gasteiger partial charge in [-0.25, -0.2) is 4.98 Å². The van der Waals surface area contributed by atoms with Crippen LogP contribution < -0.4 is 19.9 Å². The first-order valence-corrected chi connectivity index (χ1v) is 11.8. The van der Waals surface area contributed by atoms with E-state index < -0.39 is 0 Å². The SMILES string of the molecule is COc1cc(OC)c2c(=O)[nH]c(-c3ccc(N4CCN(C(=O)c5cccs5)CC4)cc3)nc2c1. The lowest BCUT2D eigenvalue weighted by Crippen LogP contribution is -2.48. The number of aromatic amines is 1. The molecule has 9 heteroatoms. The number of hydrogen-bond donors (Lipinski definition) is 1. The predicted octanol–water partition coefficient (Wildman–Crippen LogP) is 3.63. The third kappa shape index (κ3) is 4.10. The number of nitrogens with zero attached hydrogens (tertiary/aromatic N) is 3. The van der Waals surface area contributed by atoms with Crippen LogP contribution in [0.15, 0.2) is 58.7 Å². The molecule has 0 atom stereocenters. The molecule has 0 spiro atoms. The van der Waals surface area contributed by atoms with Gasteiger partial charge < -0.3 is 24.3 Å². The van der Waals surface area contributed by atoms with Crippen LogP contribution in [0, 0.1) is 0 Å². The fraction of sp³-hybridized carbons (Fsp3) is 0.240. The highest BCUT2D eigenvalue weighted by Gasteiger charge is 2.23. The van der Waals surface area contributed by atoms with Crippen molar-refractivity contribution in [3.05, 3.63) is 69.1 Å². The smallest absolute Gasteiger partial charge is 0.264 e. The van der Waals surface area contributed by atoms with Crippen LogP contribution in [-0.2, 0) is 0 Å². The number of carbonyl (C=O) groups excluding carboxylic acids is 1. The van der Waals surface area contributed by atoms with Gasteiger partial charge in [0.05, 0.1) is 24.6 Å². The quantitative estimate of drug-likeness (QED) is 0.473. The van der Waals surface area contributed by atoms with Crippen LogP contribution in [0.25, 0.3) is 22.3 Å². The van der Waals surface area contributed by atoms with E-state index in [9.17, 15) is 9.59 Å². The maximum atomic E-state index is 12.8. The fourth-order valence-corrected chi connectivity index (χ4v) is 4.87.